The molecule has 2 aromatic carbocycles. The van der Waals surface area contributed by atoms with Gasteiger partial charge in [-0.3, -0.25) is 14.9 Å². The molecule has 0 aromatic heterocycles. The molecule has 25 heavy (non-hydrogen) atoms. The standard InChI is InChI=1S/C17H12FN3O4/c1-25-14-5-2-11(3-6-14)8-12(10-19)17(22)20-16-9-13(21(23)24)4-7-15(16)18/h2-9H,1H3,(H,20,22)/b12-8+. The van der Waals surface area contributed by atoms with E-state index in [0.29, 0.717) is 11.3 Å². The lowest BCUT2D eigenvalue weighted by molar-refractivity contribution is -0.384. The van der Waals surface area contributed by atoms with Gasteiger partial charge in [0, 0.05) is 12.1 Å². The molecule has 0 aliphatic carbocycles. The van der Waals surface area contributed by atoms with Gasteiger partial charge < -0.3 is 10.1 Å². The summed E-state index contributed by atoms with van der Waals surface area (Å²) < 4.78 is 18.7. The van der Waals surface area contributed by atoms with Crippen molar-refractivity contribution in [3.63, 3.8) is 0 Å². The minimum atomic E-state index is -0.877. The maximum atomic E-state index is 13.7. The molecule has 0 heterocycles. The molecule has 0 spiro atoms. The van der Waals surface area contributed by atoms with Crippen LogP contribution in [-0.2, 0) is 4.79 Å². The summed E-state index contributed by atoms with van der Waals surface area (Å²) in [5.74, 6) is -1.11. The maximum absolute atomic E-state index is 13.7. The molecular weight excluding hydrogens is 329 g/mol. The van der Waals surface area contributed by atoms with E-state index >= 15 is 0 Å². The predicted octanol–water partition coefficient (Wildman–Crippen LogP) is 3.29. The van der Waals surface area contributed by atoms with Crippen LogP contribution in [0.3, 0.4) is 0 Å². The van der Waals surface area contributed by atoms with Gasteiger partial charge in [-0.25, -0.2) is 4.39 Å². The summed E-state index contributed by atoms with van der Waals surface area (Å²) >= 11 is 0. The number of methoxy groups -OCH3 is 1. The van der Waals surface area contributed by atoms with Crippen molar-refractivity contribution in [2.75, 3.05) is 12.4 Å². The van der Waals surface area contributed by atoms with E-state index in [1.807, 2.05) is 0 Å². The van der Waals surface area contributed by atoms with Crippen molar-refractivity contribution in [1.29, 1.82) is 5.26 Å². The van der Waals surface area contributed by atoms with Crippen LogP contribution < -0.4 is 10.1 Å². The van der Waals surface area contributed by atoms with Crippen LogP contribution >= 0.6 is 0 Å². The molecule has 1 N–H and O–H groups in total. The number of nitrogens with one attached hydrogen (secondary N) is 1. The van der Waals surface area contributed by atoms with E-state index in [2.05, 4.69) is 5.32 Å². The van der Waals surface area contributed by atoms with E-state index in [-0.39, 0.29) is 16.9 Å². The number of benzene rings is 2. The summed E-state index contributed by atoms with van der Waals surface area (Å²) in [4.78, 5) is 22.2. The third-order valence-corrected chi connectivity index (χ3v) is 3.20. The number of amides is 1. The lowest BCUT2D eigenvalue weighted by Gasteiger charge is -2.06. The van der Waals surface area contributed by atoms with Crippen LogP contribution in [0.25, 0.3) is 6.08 Å². The molecule has 0 atom stereocenters. The number of hydrogen-bond donors (Lipinski definition) is 1. The summed E-state index contributed by atoms with van der Waals surface area (Å²) in [5.41, 5.74) is -0.479. The Morgan fingerprint density at radius 3 is 2.56 bits per heavy atom. The van der Waals surface area contributed by atoms with Gasteiger partial charge >= 0.3 is 0 Å². The number of carbonyl (C=O) groups excluding carboxylic acids is 1. The second kappa shape index (κ2) is 7.70. The largest absolute Gasteiger partial charge is 0.497 e. The predicted molar refractivity (Wildman–Crippen MR) is 88.3 cm³/mol. The van der Waals surface area contributed by atoms with Crippen molar-refractivity contribution < 1.29 is 18.8 Å². The molecule has 0 unspecified atom stereocenters. The van der Waals surface area contributed by atoms with E-state index in [4.69, 9.17) is 10.00 Å². The molecule has 7 nitrogen and oxygen atoms in total. The van der Waals surface area contributed by atoms with Crippen LogP contribution in [0.2, 0.25) is 0 Å². The Morgan fingerprint density at radius 1 is 1.32 bits per heavy atom. The first kappa shape index (κ1) is 17.6. The van der Waals surface area contributed by atoms with E-state index < -0.39 is 16.6 Å². The number of nitro benzene ring substituents is 1. The first-order valence-corrected chi connectivity index (χ1v) is 6.95. The maximum Gasteiger partial charge on any atom is 0.271 e. The minimum absolute atomic E-state index is 0.281. The van der Waals surface area contributed by atoms with Crippen molar-refractivity contribution in [1.82, 2.24) is 0 Å². The fourth-order valence-corrected chi connectivity index (χ4v) is 1.93. The van der Waals surface area contributed by atoms with Crippen LogP contribution in [0.4, 0.5) is 15.8 Å². The number of nitrogens with zero attached hydrogens (tertiary/aromatic N) is 2. The summed E-state index contributed by atoms with van der Waals surface area (Å²) in [6.45, 7) is 0. The number of rotatable bonds is 5. The molecule has 1 amide bonds. The summed E-state index contributed by atoms with van der Waals surface area (Å²) in [6, 6.07) is 11.0. The van der Waals surface area contributed by atoms with Gasteiger partial charge in [0.1, 0.15) is 23.2 Å². The molecule has 0 fully saturated rings. The van der Waals surface area contributed by atoms with Crippen molar-refractivity contribution >= 4 is 23.4 Å². The number of nitriles is 1. The Labute approximate surface area is 142 Å². The SMILES string of the molecule is COc1ccc(/C=C(\C#N)C(=O)Nc2cc([N+](=O)[O-])ccc2F)cc1. The van der Waals surface area contributed by atoms with Gasteiger partial charge in [-0.15, -0.1) is 0 Å². The fourth-order valence-electron chi connectivity index (χ4n) is 1.93. The minimum Gasteiger partial charge on any atom is -0.497 e. The second-order valence-corrected chi connectivity index (χ2v) is 4.82. The normalized spacial score (nSPS) is 10.7. The third kappa shape index (κ3) is 4.39. The summed E-state index contributed by atoms with van der Waals surface area (Å²) in [6.07, 6.45) is 1.31. The molecule has 126 valence electrons. The lowest BCUT2D eigenvalue weighted by atomic mass is 10.1. The van der Waals surface area contributed by atoms with Gasteiger partial charge in [-0.2, -0.15) is 5.26 Å². The van der Waals surface area contributed by atoms with Crippen LogP contribution in [0.1, 0.15) is 5.56 Å². The van der Waals surface area contributed by atoms with Gasteiger partial charge in [-0.1, -0.05) is 12.1 Å². The number of non-ortho nitro benzene ring substituents is 1. The first-order valence-electron chi connectivity index (χ1n) is 6.95. The zero-order chi connectivity index (χ0) is 18.4. The quantitative estimate of drug-likeness (QED) is 0.389. The molecule has 0 saturated heterocycles. The van der Waals surface area contributed by atoms with Gasteiger partial charge in [0.05, 0.1) is 17.7 Å². The number of anilines is 1. The molecule has 0 aliphatic rings. The second-order valence-electron chi connectivity index (χ2n) is 4.82. The number of halogens is 1. The van der Waals surface area contributed by atoms with Gasteiger partial charge in [0.2, 0.25) is 0 Å². The van der Waals surface area contributed by atoms with Crippen LogP contribution in [-0.4, -0.2) is 17.9 Å². The van der Waals surface area contributed by atoms with Crippen LogP contribution in [0.5, 0.6) is 5.75 Å². The highest BCUT2D eigenvalue weighted by Gasteiger charge is 2.15. The molecule has 2 rings (SSSR count). The molecular formula is C17H12FN3O4. The van der Waals surface area contributed by atoms with Crippen molar-refractivity contribution in [2.24, 2.45) is 0 Å². The topological polar surface area (TPSA) is 105 Å². The average molecular weight is 341 g/mol. The fraction of sp³-hybridized carbons (Fsp3) is 0.0588. The highest BCUT2D eigenvalue weighted by Crippen LogP contribution is 2.22. The number of ether oxygens (including phenoxy) is 1. The molecule has 8 heteroatoms. The Balaban J connectivity index is 2.25. The monoisotopic (exact) mass is 341 g/mol. The van der Waals surface area contributed by atoms with Gasteiger partial charge in [0.25, 0.3) is 11.6 Å². The Morgan fingerprint density at radius 2 is 2.00 bits per heavy atom. The Kier molecular flexibility index (Phi) is 5.43. The number of nitro groups is 1. The summed E-state index contributed by atoms with van der Waals surface area (Å²) in [7, 11) is 1.51. The average Bonchev–Trinajstić information content (AvgIpc) is 2.61. The number of hydrogen-bond acceptors (Lipinski definition) is 5. The van der Waals surface area contributed by atoms with E-state index in [1.165, 1.54) is 13.2 Å². The zero-order valence-corrected chi connectivity index (χ0v) is 13.0. The first-order chi connectivity index (χ1) is 11.9. The van der Waals surface area contributed by atoms with Crippen LogP contribution in [0, 0.1) is 27.3 Å². The Hall–Kier alpha value is -3.73. The van der Waals surface area contributed by atoms with Crippen molar-refractivity contribution in [3.05, 3.63) is 69.5 Å². The smallest absolute Gasteiger partial charge is 0.271 e. The summed E-state index contributed by atoms with van der Waals surface area (Å²) in [5, 5.41) is 22.0. The molecule has 2 aromatic rings. The van der Waals surface area contributed by atoms with E-state index in [1.54, 1.807) is 30.3 Å². The Bertz CT molecular complexity index is 886. The van der Waals surface area contributed by atoms with Crippen molar-refractivity contribution in [2.45, 2.75) is 0 Å². The van der Waals surface area contributed by atoms with Gasteiger partial charge in [0.15, 0.2) is 0 Å². The highest BCUT2D eigenvalue weighted by atomic mass is 19.1. The van der Waals surface area contributed by atoms with Crippen LogP contribution in [0.15, 0.2) is 48.0 Å². The third-order valence-electron chi connectivity index (χ3n) is 3.20. The number of carbonyl (C=O) groups is 1. The molecule has 0 aliphatic heterocycles. The van der Waals surface area contributed by atoms with E-state index in [9.17, 15) is 19.3 Å². The van der Waals surface area contributed by atoms with Crippen molar-refractivity contribution in [3.8, 4) is 11.8 Å². The molecule has 0 saturated carbocycles. The highest BCUT2D eigenvalue weighted by molar-refractivity contribution is 6.09. The van der Waals surface area contributed by atoms with Gasteiger partial charge in [-0.05, 0) is 29.8 Å². The zero-order valence-electron chi connectivity index (χ0n) is 13.0. The molecule has 0 radical (unpaired) electrons. The molecule has 0 bridgehead atoms. The lowest BCUT2D eigenvalue weighted by Crippen LogP contribution is -2.14. The van der Waals surface area contributed by atoms with E-state index in [0.717, 1.165) is 18.2 Å².